The van der Waals surface area contributed by atoms with E-state index < -0.39 is 10.0 Å². The summed E-state index contributed by atoms with van der Waals surface area (Å²) in [4.78, 5) is 14.4. The van der Waals surface area contributed by atoms with Gasteiger partial charge in [0, 0.05) is 38.3 Å². The van der Waals surface area contributed by atoms with E-state index in [1.54, 1.807) is 35.2 Å². The molecule has 1 amide bonds. The zero-order valence-corrected chi connectivity index (χ0v) is 17.8. The first-order chi connectivity index (χ1) is 14.4. The monoisotopic (exact) mass is 443 g/mol. The maximum Gasteiger partial charge on any atom is 0.251 e. The van der Waals surface area contributed by atoms with Crippen molar-refractivity contribution in [3.8, 4) is 0 Å². The van der Waals surface area contributed by atoms with E-state index in [1.807, 2.05) is 30.3 Å². The van der Waals surface area contributed by atoms with Crippen LogP contribution in [0.4, 0.5) is 0 Å². The summed E-state index contributed by atoms with van der Waals surface area (Å²) in [7, 11) is -3.62. The Morgan fingerprint density at radius 2 is 1.67 bits per heavy atom. The van der Waals surface area contributed by atoms with Crippen molar-refractivity contribution in [2.45, 2.75) is 9.92 Å². The van der Waals surface area contributed by atoms with Crippen molar-refractivity contribution in [3.63, 3.8) is 0 Å². The molecule has 1 fully saturated rings. The van der Waals surface area contributed by atoms with Crippen LogP contribution in [0.1, 0.15) is 0 Å². The smallest absolute Gasteiger partial charge is 0.251 e. The zero-order chi connectivity index (χ0) is 21.1. The molecule has 30 heavy (non-hydrogen) atoms. The normalized spacial score (nSPS) is 15.4. The average Bonchev–Trinajstić information content (AvgIpc) is 2.78. The Kier molecular flexibility index (Phi) is 5.94. The molecular weight excluding hydrogens is 422 g/mol. The summed E-state index contributed by atoms with van der Waals surface area (Å²) in [6.45, 7) is 1.16. The molecule has 1 saturated heterocycles. The molecular formula is C21H21N3O4S2. The summed E-state index contributed by atoms with van der Waals surface area (Å²) in [5.74, 6) is 0.0375. The third kappa shape index (κ3) is 4.28. The van der Waals surface area contributed by atoms with E-state index >= 15 is 0 Å². The van der Waals surface area contributed by atoms with Gasteiger partial charge in [-0.1, -0.05) is 30.3 Å². The van der Waals surface area contributed by atoms with Crippen LogP contribution in [0, 0.1) is 5.21 Å². The lowest BCUT2D eigenvalue weighted by Gasteiger charge is -2.34. The lowest BCUT2D eigenvalue weighted by atomic mass is 10.1. The SMILES string of the molecule is O=C(CSc1cccc[n+]1[O-])N1CCN(S(=O)(=O)c2ccc3ccccc3c2)CC1. The molecule has 0 N–H and O–H groups in total. The first-order valence-electron chi connectivity index (χ1n) is 9.53. The van der Waals surface area contributed by atoms with Gasteiger partial charge in [0.2, 0.25) is 15.9 Å². The number of sulfonamides is 1. The second-order valence-corrected chi connectivity index (χ2v) is 9.88. The highest BCUT2D eigenvalue weighted by Gasteiger charge is 2.30. The molecule has 1 aromatic heterocycles. The molecule has 4 rings (SSSR count). The lowest BCUT2D eigenvalue weighted by molar-refractivity contribution is -0.645. The fourth-order valence-electron chi connectivity index (χ4n) is 3.41. The maximum atomic E-state index is 13.0. The molecule has 0 spiro atoms. The zero-order valence-electron chi connectivity index (χ0n) is 16.2. The van der Waals surface area contributed by atoms with Gasteiger partial charge in [0.05, 0.1) is 10.6 Å². The van der Waals surface area contributed by atoms with Crippen molar-refractivity contribution in [3.05, 3.63) is 72.1 Å². The number of benzene rings is 2. The summed E-state index contributed by atoms with van der Waals surface area (Å²) in [5.41, 5.74) is 0. The first-order valence-corrected chi connectivity index (χ1v) is 12.0. The number of rotatable bonds is 5. The Balaban J connectivity index is 1.38. The van der Waals surface area contributed by atoms with Crippen LogP contribution in [0.2, 0.25) is 0 Å². The molecule has 0 bridgehead atoms. The molecule has 2 aromatic carbocycles. The van der Waals surface area contributed by atoms with E-state index in [2.05, 4.69) is 0 Å². The minimum Gasteiger partial charge on any atom is -0.618 e. The number of hydrogen-bond acceptors (Lipinski definition) is 5. The Morgan fingerprint density at radius 3 is 2.40 bits per heavy atom. The van der Waals surface area contributed by atoms with Crippen molar-refractivity contribution in [2.24, 2.45) is 0 Å². The number of piperazine rings is 1. The van der Waals surface area contributed by atoms with Crippen LogP contribution in [0.15, 0.2) is 76.8 Å². The first kappa shape index (κ1) is 20.6. The Bertz CT molecular complexity index is 1180. The van der Waals surface area contributed by atoms with Crippen molar-refractivity contribution in [2.75, 3.05) is 31.9 Å². The molecule has 1 aliphatic heterocycles. The molecule has 0 radical (unpaired) electrons. The molecule has 2 heterocycles. The van der Waals surface area contributed by atoms with Crippen LogP contribution < -0.4 is 4.73 Å². The van der Waals surface area contributed by atoms with Crippen LogP contribution in [-0.2, 0) is 14.8 Å². The van der Waals surface area contributed by atoms with Gasteiger partial charge in [0.15, 0.2) is 6.20 Å². The highest BCUT2D eigenvalue weighted by atomic mass is 32.2. The molecule has 3 aromatic rings. The summed E-state index contributed by atoms with van der Waals surface area (Å²) in [6, 6.07) is 17.8. The fourth-order valence-corrected chi connectivity index (χ4v) is 5.68. The molecule has 156 valence electrons. The van der Waals surface area contributed by atoms with Gasteiger partial charge in [-0.05, 0) is 40.7 Å². The molecule has 0 aliphatic carbocycles. The number of carbonyl (C=O) groups excluding carboxylic acids is 1. The number of pyridine rings is 1. The van der Waals surface area contributed by atoms with E-state index in [0.29, 0.717) is 18.1 Å². The van der Waals surface area contributed by atoms with E-state index in [9.17, 15) is 18.4 Å². The van der Waals surface area contributed by atoms with Crippen LogP contribution in [0.3, 0.4) is 0 Å². The maximum absolute atomic E-state index is 13.0. The van der Waals surface area contributed by atoms with Gasteiger partial charge >= 0.3 is 0 Å². The summed E-state index contributed by atoms with van der Waals surface area (Å²) < 4.78 is 28.2. The lowest BCUT2D eigenvalue weighted by Crippen LogP contribution is -2.51. The number of hydrogen-bond donors (Lipinski definition) is 0. The van der Waals surface area contributed by atoms with Gasteiger partial charge in [0.1, 0.15) is 0 Å². The van der Waals surface area contributed by atoms with Crippen LogP contribution in [-0.4, -0.2) is 55.5 Å². The third-order valence-electron chi connectivity index (χ3n) is 5.08. The quantitative estimate of drug-likeness (QED) is 0.343. The second kappa shape index (κ2) is 8.63. The standard InChI is InChI=1S/C21H21N3O4S2/c25-20(16-29-21-7-3-4-10-24(21)26)22-11-13-23(14-12-22)30(27,28)19-9-8-17-5-1-2-6-18(17)15-19/h1-10,15H,11-14,16H2. The molecule has 7 nitrogen and oxygen atoms in total. The van der Waals surface area contributed by atoms with E-state index in [1.165, 1.54) is 22.3 Å². The number of carbonyl (C=O) groups is 1. The average molecular weight is 444 g/mol. The van der Waals surface area contributed by atoms with Gasteiger partial charge in [-0.25, -0.2) is 8.42 Å². The molecule has 9 heteroatoms. The largest absolute Gasteiger partial charge is 0.618 e. The number of nitrogens with zero attached hydrogens (tertiary/aromatic N) is 3. The van der Waals surface area contributed by atoms with E-state index in [4.69, 9.17) is 0 Å². The van der Waals surface area contributed by atoms with Gasteiger partial charge < -0.3 is 10.1 Å². The number of aromatic nitrogens is 1. The van der Waals surface area contributed by atoms with Gasteiger partial charge in [-0.3, -0.25) is 4.79 Å². The van der Waals surface area contributed by atoms with Crippen molar-refractivity contribution in [1.82, 2.24) is 9.21 Å². The highest BCUT2D eigenvalue weighted by Crippen LogP contribution is 2.23. The van der Waals surface area contributed by atoms with Crippen molar-refractivity contribution < 1.29 is 17.9 Å². The Hall–Kier alpha value is -2.62. The minimum atomic E-state index is -3.62. The molecule has 0 unspecified atom stereocenters. The van der Waals surface area contributed by atoms with Crippen molar-refractivity contribution in [1.29, 1.82) is 0 Å². The van der Waals surface area contributed by atoms with Crippen LogP contribution in [0.5, 0.6) is 0 Å². The van der Waals surface area contributed by atoms with Crippen molar-refractivity contribution >= 4 is 38.5 Å². The fraction of sp³-hybridized carbons (Fsp3) is 0.238. The summed E-state index contributed by atoms with van der Waals surface area (Å²) >= 11 is 1.18. The Labute approximate surface area is 179 Å². The predicted octanol–water partition coefficient (Wildman–Crippen LogP) is 2.10. The van der Waals surface area contributed by atoms with Gasteiger partial charge in [-0.15, -0.1) is 0 Å². The van der Waals surface area contributed by atoms with E-state index in [0.717, 1.165) is 15.5 Å². The van der Waals surface area contributed by atoms with E-state index in [-0.39, 0.29) is 29.6 Å². The molecule has 0 atom stereocenters. The minimum absolute atomic E-state index is 0.105. The van der Waals surface area contributed by atoms with Crippen LogP contribution >= 0.6 is 11.8 Å². The van der Waals surface area contributed by atoms with Crippen LogP contribution in [0.25, 0.3) is 10.8 Å². The second-order valence-electron chi connectivity index (χ2n) is 6.95. The number of thioether (sulfide) groups is 1. The van der Waals surface area contributed by atoms with Gasteiger partial charge in [-0.2, -0.15) is 9.04 Å². The number of amides is 1. The highest BCUT2D eigenvalue weighted by molar-refractivity contribution is 7.99. The molecule has 1 aliphatic rings. The number of fused-ring (bicyclic) bond motifs is 1. The molecule has 0 saturated carbocycles. The predicted molar refractivity (Wildman–Crippen MR) is 115 cm³/mol. The topological polar surface area (TPSA) is 84.6 Å². The van der Waals surface area contributed by atoms with Gasteiger partial charge in [0.25, 0.3) is 5.03 Å². The summed E-state index contributed by atoms with van der Waals surface area (Å²) in [6.07, 6.45) is 1.39. The third-order valence-corrected chi connectivity index (χ3v) is 7.98. The Morgan fingerprint density at radius 1 is 0.967 bits per heavy atom. The summed E-state index contributed by atoms with van der Waals surface area (Å²) in [5, 5.41) is 14.0.